The molecule has 1 atom stereocenters. The third-order valence-corrected chi connectivity index (χ3v) is 4.35. The summed E-state index contributed by atoms with van der Waals surface area (Å²) in [7, 11) is 0. The molecule has 0 spiro atoms. The molecule has 0 aromatic heterocycles. The smallest absolute Gasteiger partial charge is 0.0245 e. The van der Waals surface area contributed by atoms with Crippen LogP contribution in [0.3, 0.4) is 0 Å². The van der Waals surface area contributed by atoms with E-state index in [9.17, 15) is 0 Å². The lowest BCUT2D eigenvalue weighted by Crippen LogP contribution is -2.36. The van der Waals surface area contributed by atoms with E-state index >= 15 is 0 Å². The van der Waals surface area contributed by atoms with Gasteiger partial charge in [-0.25, -0.2) is 0 Å². The molecule has 1 aromatic rings. The van der Waals surface area contributed by atoms with Crippen LogP contribution in [-0.2, 0) is 11.8 Å². The first kappa shape index (κ1) is 16.8. The molecular weight excluding hydrogens is 240 g/mol. The maximum atomic E-state index is 5.52. The van der Waals surface area contributed by atoms with Crippen LogP contribution in [0.15, 0.2) is 18.2 Å². The van der Waals surface area contributed by atoms with E-state index in [1.807, 2.05) is 13.8 Å². The zero-order chi connectivity index (χ0) is 15.4. The highest BCUT2D eigenvalue weighted by Gasteiger charge is 2.39. The quantitative estimate of drug-likeness (QED) is 0.602. The molecule has 0 bridgehead atoms. The number of hydrogen-bond acceptors (Lipinski definition) is 0. The van der Waals surface area contributed by atoms with Crippen LogP contribution in [0.2, 0.25) is 0 Å². The molecule has 0 saturated heterocycles. The molecule has 1 aliphatic rings. The Morgan fingerprint density at radius 1 is 1.20 bits per heavy atom. The van der Waals surface area contributed by atoms with Gasteiger partial charge in [0, 0.05) is 5.56 Å². The second kappa shape index (κ2) is 6.49. The Morgan fingerprint density at radius 3 is 2.40 bits per heavy atom. The van der Waals surface area contributed by atoms with Crippen molar-refractivity contribution in [2.24, 2.45) is 5.41 Å². The third kappa shape index (κ3) is 3.45. The van der Waals surface area contributed by atoms with Gasteiger partial charge in [-0.05, 0) is 53.4 Å². The van der Waals surface area contributed by atoms with Crippen LogP contribution in [0, 0.1) is 17.8 Å². The fraction of sp³-hybridized carbons (Fsp3) is 0.600. The van der Waals surface area contributed by atoms with E-state index in [0.29, 0.717) is 5.41 Å². The molecule has 1 aliphatic carbocycles. The highest BCUT2D eigenvalue weighted by molar-refractivity contribution is 5.45. The Labute approximate surface area is 126 Å². The Balaban J connectivity index is 0.000000956. The summed E-state index contributed by atoms with van der Waals surface area (Å²) in [5.74, 6) is 2.76. The van der Waals surface area contributed by atoms with Gasteiger partial charge < -0.3 is 0 Å². The minimum atomic E-state index is 0.240. The Morgan fingerprint density at radius 2 is 1.85 bits per heavy atom. The van der Waals surface area contributed by atoms with E-state index in [-0.39, 0.29) is 5.41 Å². The maximum Gasteiger partial charge on any atom is 0.0245 e. The van der Waals surface area contributed by atoms with Crippen LogP contribution in [0.5, 0.6) is 0 Å². The Bertz CT molecular complexity index is 487. The van der Waals surface area contributed by atoms with Crippen LogP contribution < -0.4 is 0 Å². The van der Waals surface area contributed by atoms with Crippen LogP contribution in [0.4, 0.5) is 0 Å². The summed E-state index contributed by atoms with van der Waals surface area (Å²) >= 11 is 0. The Kier molecular flexibility index (Phi) is 5.46. The summed E-state index contributed by atoms with van der Waals surface area (Å²) < 4.78 is 0. The van der Waals surface area contributed by atoms with Crippen molar-refractivity contribution in [2.75, 3.05) is 0 Å². The van der Waals surface area contributed by atoms with Crippen LogP contribution >= 0.6 is 0 Å². The van der Waals surface area contributed by atoms with E-state index in [0.717, 1.165) is 5.56 Å². The highest BCUT2D eigenvalue weighted by Crippen LogP contribution is 2.48. The zero-order valence-corrected chi connectivity index (χ0v) is 14.1. The van der Waals surface area contributed by atoms with Crippen LogP contribution in [-0.4, -0.2) is 0 Å². The summed E-state index contributed by atoms with van der Waals surface area (Å²) in [4.78, 5) is 0. The monoisotopic (exact) mass is 270 g/mol. The van der Waals surface area contributed by atoms with Crippen molar-refractivity contribution in [1.82, 2.24) is 0 Å². The molecule has 0 amide bonds. The normalized spacial score (nSPS) is 23.1. The van der Waals surface area contributed by atoms with Gasteiger partial charge in [-0.15, -0.1) is 6.42 Å². The van der Waals surface area contributed by atoms with Gasteiger partial charge in [0.1, 0.15) is 0 Å². The lowest BCUT2D eigenvalue weighted by Gasteiger charge is -2.44. The molecule has 0 N–H and O–H groups in total. The summed E-state index contributed by atoms with van der Waals surface area (Å²) in [6, 6.07) is 6.56. The fourth-order valence-electron chi connectivity index (χ4n) is 3.92. The van der Waals surface area contributed by atoms with Gasteiger partial charge in [0.05, 0.1) is 0 Å². The summed E-state index contributed by atoms with van der Waals surface area (Å²) in [5, 5.41) is 0. The molecule has 110 valence electrons. The van der Waals surface area contributed by atoms with Crippen molar-refractivity contribution < 1.29 is 0 Å². The average Bonchev–Trinajstić information content (AvgIpc) is 2.39. The zero-order valence-electron chi connectivity index (χ0n) is 14.1. The average molecular weight is 270 g/mol. The molecule has 0 radical (unpaired) electrons. The molecule has 0 heteroatoms. The molecule has 0 aliphatic heterocycles. The number of fused-ring (bicyclic) bond motifs is 1. The van der Waals surface area contributed by atoms with E-state index in [2.05, 4.69) is 51.8 Å². The lowest BCUT2D eigenvalue weighted by molar-refractivity contribution is 0.189. The predicted octanol–water partition coefficient (Wildman–Crippen LogP) is 5.72. The molecule has 1 aromatic carbocycles. The van der Waals surface area contributed by atoms with E-state index in [4.69, 9.17) is 6.42 Å². The third-order valence-electron chi connectivity index (χ3n) is 4.35. The predicted molar refractivity (Wildman–Crippen MR) is 90.1 cm³/mol. The van der Waals surface area contributed by atoms with E-state index < -0.39 is 0 Å². The maximum absolute atomic E-state index is 5.52. The molecule has 0 heterocycles. The first-order valence-corrected chi connectivity index (χ1v) is 8.00. The first-order valence-electron chi connectivity index (χ1n) is 8.00. The van der Waals surface area contributed by atoms with E-state index in [1.54, 1.807) is 0 Å². The van der Waals surface area contributed by atoms with Crippen molar-refractivity contribution >= 4 is 0 Å². The van der Waals surface area contributed by atoms with Gasteiger partial charge in [-0.2, -0.15) is 0 Å². The molecule has 1 unspecified atom stereocenters. The second-order valence-corrected chi connectivity index (χ2v) is 6.81. The standard InChI is InChI=1S/C18H24.C2H6/c1-6-10-18(5)12-15-9-8-14(7-2)11-16(15)17(3,4)13-18;1-2/h2,8-9,11H,6,10,12-13H2,1,3-5H3;1-2H3. The van der Waals surface area contributed by atoms with Gasteiger partial charge in [0.25, 0.3) is 0 Å². The topological polar surface area (TPSA) is 0 Å². The van der Waals surface area contributed by atoms with Gasteiger partial charge in [-0.1, -0.05) is 60.0 Å². The lowest BCUT2D eigenvalue weighted by atomic mass is 9.60. The molecule has 0 fully saturated rings. The number of terminal acetylenes is 1. The minimum absolute atomic E-state index is 0.240. The van der Waals surface area contributed by atoms with Gasteiger partial charge >= 0.3 is 0 Å². The number of hydrogen-bond donors (Lipinski definition) is 0. The second-order valence-electron chi connectivity index (χ2n) is 6.81. The summed E-state index contributed by atoms with van der Waals surface area (Å²) in [5.41, 5.74) is 4.67. The van der Waals surface area contributed by atoms with Crippen molar-refractivity contribution in [1.29, 1.82) is 0 Å². The summed E-state index contributed by atoms with van der Waals surface area (Å²) in [6.07, 6.45) is 10.6. The number of benzene rings is 1. The fourth-order valence-corrected chi connectivity index (χ4v) is 3.92. The molecular formula is C20H30. The van der Waals surface area contributed by atoms with Gasteiger partial charge in [0.15, 0.2) is 0 Å². The largest absolute Gasteiger partial charge is 0.115 e. The molecule has 2 rings (SSSR count). The SMILES string of the molecule is C#Cc1ccc2c(c1)C(C)(C)CC(C)(CCC)C2.CC. The van der Waals surface area contributed by atoms with E-state index in [1.165, 1.54) is 36.8 Å². The van der Waals surface area contributed by atoms with Crippen LogP contribution in [0.25, 0.3) is 0 Å². The molecule has 0 saturated carbocycles. The van der Waals surface area contributed by atoms with Gasteiger partial charge in [0.2, 0.25) is 0 Å². The minimum Gasteiger partial charge on any atom is -0.115 e. The molecule has 20 heavy (non-hydrogen) atoms. The first-order chi connectivity index (χ1) is 9.40. The van der Waals surface area contributed by atoms with Crippen LogP contribution in [0.1, 0.15) is 77.5 Å². The molecule has 0 nitrogen and oxygen atoms in total. The van der Waals surface area contributed by atoms with Crippen molar-refractivity contribution in [3.63, 3.8) is 0 Å². The van der Waals surface area contributed by atoms with Crippen molar-refractivity contribution in [2.45, 2.75) is 72.6 Å². The number of rotatable bonds is 2. The highest BCUT2D eigenvalue weighted by atomic mass is 14.4. The summed E-state index contributed by atoms with van der Waals surface area (Å²) in [6.45, 7) is 13.4. The van der Waals surface area contributed by atoms with Gasteiger partial charge in [-0.3, -0.25) is 0 Å². The Hall–Kier alpha value is -1.22. The van der Waals surface area contributed by atoms with Crippen molar-refractivity contribution in [3.05, 3.63) is 34.9 Å². The van der Waals surface area contributed by atoms with Crippen molar-refractivity contribution in [3.8, 4) is 12.3 Å².